The van der Waals surface area contributed by atoms with Crippen molar-refractivity contribution in [1.29, 1.82) is 0 Å². The van der Waals surface area contributed by atoms with Gasteiger partial charge in [-0.3, -0.25) is 4.79 Å². The van der Waals surface area contributed by atoms with E-state index in [4.69, 9.17) is 9.47 Å². The van der Waals surface area contributed by atoms with Crippen molar-refractivity contribution in [3.63, 3.8) is 0 Å². The van der Waals surface area contributed by atoms with Crippen molar-refractivity contribution in [2.75, 3.05) is 18.5 Å². The lowest BCUT2D eigenvalue weighted by molar-refractivity contribution is -0.118. The van der Waals surface area contributed by atoms with E-state index in [1.807, 2.05) is 31.2 Å². The molecule has 0 saturated carbocycles. The number of para-hydroxylation sites is 1. The molecule has 1 N–H and O–H groups in total. The van der Waals surface area contributed by atoms with Gasteiger partial charge in [-0.15, -0.1) is 0 Å². The van der Waals surface area contributed by atoms with Gasteiger partial charge >= 0.3 is 5.97 Å². The summed E-state index contributed by atoms with van der Waals surface area (Å²) in [6.45, 7) is 3.92. The van der Waals surface area contributed by atoms with Gasteiger partial charge in [0.2, 0.25) is 0 Å². The van der Waals surface area contributed by atoms with E-state index in [9.17, 15) is 9.59 Å². The number of hydrogen-bond donors (Lipinski definition) is 1. The van der Waals surface area contributed by atoms with Gasteiger partial charge in [0, 0.05) is 5.69 Å². The maximum atomic E-state index is 11.9. The average molecular weight is 313 g/mol. The average Bonchev–Trinajstić information content (AvgIpc) is 2.55. The molecule has 0 aromatic heterocycles. The predicted octanol–water partition coefficient (Wildman–Crippen LogP) is 3.19. The Labute approximate surface area is 135 Å². The number of esters is 1. The zero-order valence-electron chi connectivity index (χ0n) is 13.2. The first-order chi connectivity index (χ1) is 11.1. The van der Waals surface area contributed by atoms with Crippen LogP contribution in [-0.2, 0) is 9.53 Å². The third kappa shape index (κ3) is 4.85. The summed E-state index contributed by atoms with van der Waals surface area (Å²) >= 11 is 0. The van der Waals surface area contributed by atoms with Crippen molar-refractivity contribution in [1.82, 2.24) is 0 Å². The van der Waals surface area contributed by atoms with Gasteiger partial charge in [-0.1, -0.05) is 18.2 Å². The number of carbonyl (C=O) groups is 2. The third-order valence-corrected chi connectivity index (χ3v) is 3.13. The molecular formula is C18H19NO4. The van der Waals surface area contributed by atoms with Gasteiger partial charge in [-0.25, -0.2) is 4.79 Å². The number of carbonyl (C=O) groups excluding carboxylic acids is 2. The fraction of sp³-hybridized carbons (Fsp3) is 0.222. The van der Waals surface area contributed by atoms with Crippen molar-refractivity contribution >= 4 is 17.6 Å². The van der Waals surface area contributed by atoms with Crippen LogP contribution in [0, 0.1) is 6.92 Å². The fourth-order valence-corrected chi connectivity index (χ4v) is 1.96. The molecule has 0 unspecified atom stereocenters. The molecule has 0 bridgehead atoms. The number of benzene rings is 2. The molecule has 0 heterocycles. The van der Waals surface area contributed by atoms with Crippen LogP contribution in [0.15, 0.2) is 48.5 Å². The van der Waals surface area contributed by atoms with Crippen LogP contribution >= 0.6 is 0 Å². The Bertz CT molecular complexity index is 680. The molecule has 0 aliphatic heterocycles. The van der Waals surface area contributed by atoms with Crippen molar-refractivity contribution in [3.8, 4) is 5.75 Å². The molecule has 0 radical (unpaired) electrons. The van der Waals surface area contributed by atoms with Gasteiger partial charge in [0.05, 0.1) is 12.2 Å². The molecule has 120 valence electrons. The Balaban J connectivity index is 1.88. The van der Waals surface area contributed by atoms with E-state index in [1.54, 1.807) is 31.2 Å². The number of amides is 1. The number of rotatable bonds is 6. The topological polar surface area (TPSA) is 64.6 Å². The van der Waals surface area contributed by atoms with E-state index < -0.39 is 0 Å². The van der Waals surface area contributed by atoms with Crippen molar-refractivity contribution < 1.29 is 19.1 Å². The quantitative estimate of drug-likeness (QED) is 0.832. The molecule has 2 aromatic rings. The minimum absolute atomic E-state index is 0.0789. The summed E-state index contributed by atoms with van der Waals surface area (Å²) < 4.78 is 10.4. The highest BCUT2D eigenvalue weighted by molar-refractivity contribution is 5.93. The SMILES string of the molecule is CCOC(=O)c1ccc(NC(=O)COc2ccccc2C)cc1. The fourth-order valence-electron chi connectivity index (χ4n) is 1.96. The molecule has 0 aliphatic carbocycles. The lowest BCUT2D eigenvalue weighted by Crippen LogP contribution is -2.20. The van der Waals surface area contributed by atoms with E-state index in [0.29, 0.717) is 23.6 Å². The maximum Gasteiger partial charge on any atom is 0.338 e. The summed E-state index contributed by atoms with van der Waals surface area (Å²) in [6, 6.07) is 14.0. The van der Waals surface area contributed by atoms with E-state index in [1.165, 1.54) is 0 Å². The van der Waals surface area contributed by atoms with E-state index >= 15 is 0 Å². The van der Waals surface area contributed by atoms with E-state index in [-0.39, 0.29) is 18.5 Å². The lowest BCUT2D eigenvalue weighted by atomic mass is 10.2. The highest BCUT2D eigenvalue weighted by atomic mass is 16.5. The van der Waals surface area contributed by atoms with Crippen LogP contribution in [0.1, 0.15) is 22.8 Å². The first-order valence-electron chi connectivity index (χ1n) is 7.35. The van der Waals surface area contributed by atoms with Gasteiger partial charge in [0.15, 0.2) is 6.61 Å². The number of hydrogen-bond acceptors (Lipinski definition) is 4. The Morgan fingerprint density at radius 3 is 2.39 bits per heavy atom. The third-order valence-electron chi connectivity index (χ3n) is 3.13. The number of nitrogens with one attached hydrogen (secondary N) is 1. The minimum Gasteiger partial charge on any atom is -0.483 e. The molecule has 0 spiro atoms. The maximum absolute atomic E-state index is 11.9. The standard InChI is InChI=1S/C18H19NO4/c1-3-22-18(21)14-8-10-15(11-9-14)19-17(20)12-23-16-7-5-4-6-13(16)2/h4-11H,3,12H2,1-2H3,(H,19,20). The first-order valence-corrected chi connectivity index (χ1v) is 7.35. The van der Waals surface area contributed by atoms with Gasteiger partial charge in [-0.2, -0.15) is 0 Å². The zero-order valence-corrected chi connectivity index (χ0v) is 13.2. The Morgan fingerprint density at radius 2 is 1.74 bits per heavy atom. The zero-order chi connectivity index (χ0) is 16.7. The Kier molecular flexibility index (Phi) is 5.74. The largest absolute Gasteiger partial charge is 0.483 e. The van der Waals surface area contributed by atoms with Gasteiger partial charge in [0.1, 0.15) is 5.75 Å². The smallest absolute Gasteiger partial charge is 0.338 e. The monoisotopic (exact) mass is 313 g/mol. The molecule has 5 heteroatoms. The van der Waals surface area contributed by atoms with Crippen LogP contribution in [0.5, 0.6) is 5.75 Å². The number of ether oxygens (including phenoxy) is 2. The second kappa shape index (κ2) is 7.98. The van der Waals surface area contributed by atoms with Crippen LogP contribution in [0.3, 0.4) is 0 Å². The molecule has 0 fully saturated rings. The summed E-state index contributed by atoms with van der Waals surface area (Å²) in [6.07, 6.45) is 0. The highest BCUT2D eigenvalue weighted by Gasteiger charge is 2.08. The first kappa shape index (κ1) is 16.5. The summed E-state index contributed by atoms with van der Waals surface area (Å²) in [5.74, 6) is 0.0331. The second-order valence-corrected chi connectivity index (χ2v) is 4.90. The van der Waals surface area contributed by atoms with Gasteiger partial charge < -0.3 is 14.8 Å². The number of aryl methyl sites for hydroxylation is 1. The van der Waals surface area contributed by atoms with Crippen LogP contribution in [0.2, 0.25) is 0 Å². The molecule has 0 aliphatic rings. The predicted molar refractivity (Wildman–Crippen MR) is 87.7 cm³/mol. The Morgan fingerprint density at radius 1 is 1.04 bits per heavy atom. The van der Waals surface area contributed by atoms with Crippen molar-refractivity contribution in [3.05, 3.63) is 59.7 Å². The molecule has 0 saturated heterocycles. The minimum atomic E-state index is -0.381. The van der Waals surface area contributed by atoms with Crippen LogP contribution in [0.4, 0.5) is 5.69 Å². The summed E-state index contributed by atoms with van der Waals surface area (Å²) in [7, 11) is 0. The van der Waals surface area contributed by atoms with E-state index in [2.05, 4.69) is 5.32 Å². The molecule has 2 aromatic carbocycles. The lowest BCUT2D eigenvalue weighted by Gasteiger charge is -2.09. The van der Waals surface area contributed by atoms with Crippen LogP contribution < -0.4 is 10.1 Å². The summed E-state index contributed by atoms with van der Waals surface area (Å²) in [4.78, 5) is 23.4. The molecule has 1 amide bonds. The summed E-state index contributed by atoms with van der Waals surface area (Å²) in [5.41, 5.74) is 2.01. The van der Waals surface area contributed by atoms with E-state index in [0.717, 1.165) is 5.56 Å². The van der Waals surface area contributed by atoms with Gasteiger partial charge in [0.25, 0.3) is 5.91 Å². The number of anilines is 1. The molecule has 0 atom stereocenters. The van der Waals surface area contributed by atoms with Crippen LogP contribution in [-0.4, -0.2) is 25.1 Å². The molecule has 23 heavy (non-hydrogen) atoms. The summed E-state index contributed by atoms with van der Waals surface area (Å²) in [5, 5.41) is 2.71. The second-order valence-electron chi connectivity index (χ2n) is 4.90. The van der Waals surface area contributed by atoms with Gasteiger partial charge in [-0.05, 0) is 49.7 Å². The van der Waals surface area contributed by atoms with Crippen molar-refractivity contribution in [2.24, 2.45) is 0 Å². The van der Waals surface area contributed by atoms with Crippen LogP contribution in [0.25, 0.3) is 0 Å². The normalized spacial score (nSPS) is 10.0. The highest BCUT2D eigenvalue weighted by Crippen LogP contribution is 2.16. The van der Waals surface area contributed by atoms with Crippen molar-refractivity contribution in [2.45, 2.75) is 13.8 Å². The Hall–Kier alpha value is -2.82. The molecule has 2 rings (SSSR count). The molecular weight excluding hydrogens is 294 g/mol. The molecule has 5 nitrogen and oxygen atoms in total.